The maximum Gasteiger partial charge on any atom is 0.410 e. The van der Waals surface area contributed by atoms with Crippen LogP contribution in [0.2, 0.25) is 0 Å². The molecule has 0 aromatic carbocycles. The lowest BCUT2D eigenvalue weighted by molar-refractivity contribution is -0.115. The summed E-state index contributed by atoms with van der Waals surface area (Å²) in [4.78, 5) is 29.5. The minimum atomic E-state index is -0.483. The number of likely N-dealkylation sites (tertiary alicyclic amines) is 1. The van der Waals surface area contributed by atoms with Crippen molar-refractivity contribution in [3.05, 3.63) is 16.6 Å². The molecule has 0 atom stereocenters. The fourth-order valence-electron chi connectivity index (χ4n) is 2.24. The zero-order valence-electron chi connectivity index (χ0n) is 14.3. The summed E-state index contributed by atoms with van der Waals surface area (Å²) in [6, 6.07) is 0. The average Bonchev–Trinajstić information content (AvgIpc) is 3.03. The number of hydrogen-bond acceptors (Lipinski definition) is 5. The molecule has 0 bridgehead atoms. The van der Waals surface area contributed by atoms with Gasteiger partial charge in [0.05, 0.1) is 6.54 Å². The largest absolute Gasteiger partial charge is 0.444 e. The second-order valence-electron chi connectivity index (χ2n) is 6.62. The second-order valence-corrected chi connectivity index (χ2v) is 7.60. The van der Waals surface area contributed by atoms with Gasteiger partial charge in [-0.3, -0.25) is 4.79 Å². The minimum absolute atomic E-state index is 0.134. The fraction of sp³-hybridized carbons (Fsp3) is 0.588. The van der Waals surface area contributed by atoms with Gasteiger partial charge >= 0.3 is 6.09 Å². The van der Waals surface area contributed by atoms with Crippen LogP contribution in [0.1, 0.15) is 38.6 Å². The van der Waals surface area contributed by atoms with Crippen LogP contribution in [-0.4, -0.2) is 40.6 Å². The Hall–Kier alpha value is -2.07. The molecule has 2 amide bonds. The van der Waals surface area contributed by atoms with Gasteiger partial charge < -0.3 is 15.0 Å². The molecule has 0 unspecified atom stereocenters. The summed E-state index contributed by atoms with van der Waals surface area (Å²) >= 11 is 1.49. The van der Waals surface area contributed by atoms with Gasteiger partial charge in [-0.2, -0.15) is 0 Å². The number of aromatic nitrogens is 1. The maximum atomic E-state index is 12.0. The summed E-state index contributed by atoms with van der Waals surface area (Å²) in [6.07, 6.45) is 2.93. The maximum absolute atomic E-state index is 12.0. The topological polar surface area (TPSA) is 71.5 Å². The zero-order chi connectivity index (χ0) is 17.6. The Kier molecular flexibility index (Phi) is 6.21. The number of nitrogens with one attached hydrogen (secondary N) is 1. The third-order valence-electron chi connectivity index (χ3n) is 3.42. The summed E-state index contributed by atoms with van der Waals surface area (Å²) in [5.74, 6) is 5.48. The van der Waals surface area contributed by atoms with Crippen LogP contribution in [0.25, 0.3) is 0 Å². The molecule has 2 rings (SSSR count). The number of piperidine rings is 1. The van der Waals surface area contributed by atoms with Crippen molar-refractivity contribution in [1.82, 2.24) is 15.2 Å². The van der Waals surface area contributed by atoms with Crippen molar-refractivity contribution in [1.29, 1.82) is 0 Å². The summed E-state index contributed by atoms with van der Waals surface area (Å²) in [5, 5.41) is 5.45. The van der Waals surface area contributed by atoms with E-state index in [4.69, 9.17) is 4.74 Å². The lowest BCUT2D eigenvalue weighted by Crippen LogP contribution is -2.41. The van der Waals surface area contributed by atoms with E-state index in [0.29, 0.717) is 19.6 Å². The van der Waals surface area contributed by atoms with Crippen LogP contribution in [0.5, 0.6) is 0 Å². The fourth-order valence-corrected chi connectivity index (χ4v) is 2.80. The highest BCUT2D eigenvalue weighted by molar-refractivity contribution is 7.09. The van der Waals surface area contributed by atoms with Crippen LogP contribution in [0.4, 0.5) is 4.79 Å². The molecule has 6 nitrogen and oxygen atoms in total. The monoisotopic (exact) mass is 349 g/mol. The summed E-state index contributed by atoms with van der Waals surface area (Å²) in [7, 11) is 0. The van der Waals surface area contributed by atoms with Crippen molar-refractivity contribution < 1.29 is 14.3 Å². The Bertz CT molecular complexity index is 618. The van der Waals surface area contributed by atoms with Gasteiger partial charge in [-0.1, -0.05) is 5.92 Å². The van der Waals surface area contributed by atoms with Crippen LogP contribution in [0.15, 0.2) is 11.6 Å². The lowest BCUT2D eigenvalue weighted by atomic mass is 9.98. The minimum Gasteiger partial charge on any atom is -0.444 e. The molecule has 1 fully saturated rings. The van der Waals surface area contributed by atoms with Crippen molar-refractivity contribution in [2.24, 2.45) is 5.92 Å². The molecule has 130 valence electrons. The van der Waals surface area contributed by atoms with Gasteiger partial charge in [0.1, 0.15) is 10.6 Å². The molecule has 0 spiro atoms. The second kappa shape index (κ2) is 8.15. The molecule has 1 saturated heterocycles. The first-order valence-electron chi connectivity index (χ1n) is 7.99. The first kappa shape index (κ1) is 18.3. The molecular weight excluding hydrogens is 326 g/mol. The van der Waals surface area contributed by atoms with E-state index in [1.807, 2.05) is 26.2 Å². The Morgan fingerprint density at radius 3 is 2.71 bits per heavy atom. The van der Waals surface area contributed by atoms with Crippen LogP contribution in [0, 0.1) is 17.8 Å². The Morgan fingerprint density at radius 2 is 2.12 bits per heavy atom. The van der Waals surface area contributed by atoms with Crippen LogP contribution in [0.3, 0.4) is 0 Å². The number of carbonyl (C=O) groups excluding carboxylic acids is 2. The quantitative estimate of drug-likeness (QED) is 0.832. The molecule has 1 aliphatic heterocycles. The van der Waals surface area contributed by atoms with Crippen molar-refractivity contribution in [3.63, 3.8) is 0 Å². The number of carbonyl (C=O) groups is 2. The van der Waals surface area contributed by atoms with Gasteiger partial charge in [0.15, 0.2) is 0 Å². The molecule has 24 heavy (non-hydrogen) atoms. The molecule has 0 aliphatic carbocycles. The van der Waals surface area contributed by atoms with Crippen molar-refractivity contribution in [2.45, 2.75) is 45.8 Å². The number of hydrogen-bond donors (Lipinski definition) is 1. The molecule has 7 heteroatoms. The summed E-state index contributed by atoms with van der Waals surface area (Å²) < 4.78 is 5.36. The van der Waals surface area contributed by atoms with E-state index >= 15 is 0 Å². The molecule has 1 N–H and O–H groups in total. The number of ether oxygens (including phenoxy) is 1. The Balaban J connectivity index is 1.73. The Labute approximate surface area is 146 Å². The Morgan fingerprint density at radius 1 is 1.42 bits per heavy atom. The van der Waals surface area contributed by atoms with Gasteiger partial charge in [-0.25, -0.2) is 9.78 Å². The SMILES string of the molecule is CC(C)(C)OC(=O)N1CCC(C#CC(=O)NCc2nccs2)CC1. The van der Waals surface area contributed by atoms with Crippen molar-refractivity contribution in [3.8, 4) is 11.8 Å². The van der Waals surface area contributed by atoms with E-state index in [2.05, 4.69) is 22.1 Å². The van der Waals surface area contributed by atoms with Crippen LogP contribution < -0.4 is 5.32 Å². The lowest BCUT2D eigenvalue weighted by Gasteiger charge is -2.31. The first-order valence-corrected chi connectivity index (χ1v) is 8.87. The highest BCUT2D eigenvalue weighted by atomic mass is 32.1. The van der Waals surface area contributed by atoms with Crippen LogP contribution in [-0.2, 0) is 16.1 Å². The predicted octanol–water partition coefficient (Wildman–Crippen LogP) is 2.41. The molecule has 0 saturated carbocycles. The molecular formula is C17H23N3O3S. The van der Waals surface area contributed by atoms with E-state index in [0.717, 1.165) is 17.8 Å². The van der Waals surface area contributed by atoms with E-state index < -0.39 is 5.60 Å². The third-order valence-corrected chi connectivity index (χ3v) is 4.20. The zero-order valence-corrected chi connectivity index (χ0v) is 15.1. The van der Waals surface area contributed by atoms with Gasteiger partial charge in [0.2, 0.25) is 0 Å². The van der Waals surface area contributed by atoms with Crippen molar-refractivity contribution >= 4 is 23.3 Å². The molecule has 0 radical (unpaired) electrons. The van der Waals surface area contributed by atoms with Gasteiger partial charge in [-0.15, -0.1) is 11.3 Å². The highest BCUT2D eigenvalue weighted by Crippen LogP contribution is 2.19. The molecule has 1 aliphatic rings. The normalized spacial score (nSPS) is 15.4. The first-order chi connectivity index (χ1) is 11.3. The number of amides is 2. The summed E-state index contributed by atoms with van der Waals surface area (Å²) in [6.45, 7) is 7.18. The third kappa shape index (κ3) is 6.20. The number of nitrogens with zero attached hydrogens (tertiary/aromatic N) is 2. The average molecular weight is 349 g/mol. The van der Waals surface area contributed by atoms with Gasteiger partial charge in [0.25, 0.3) is 5.91 Å². The molecule has 2 heterocycles. The van der Waals surface area contributed by atoms with Gasteiger partial charge in [0, 0.05) is 30.6 Å². The molecule has 1 aromatic heterocycles. The smallest absolute Gasteiger partial charge is 0.410 e. The highest BCUT2D eigenvalue weighted by Gasteiger charge is 2.26. The van der Waals surface area contributed by atoms with E-state index in [1.165, 1.54) is 11.3 Å². The van der Waals surface area contributed by atoms with E-state index in [1.54, 1.807) is 11.1 Å². The van der Waals surface area contributed by atoms with E-state index in [-0.39, 0.29) is 17.9 Å². The standard InChI is InChI=1S/C17H23N3O3S/c1-17(2,3)23-16(22)20-9-6-13(7-10-20)4-5-14(21)19-12-15-18-8-11-24-15/h8,11,13H,6-7,9-10,12H2,1-3H3,(H,19,21). The van der Waals surface area contributed by atoms with E-state index in [9.17, 15) is 9.59 Å². The van der Waals surface area contributed by atoms with Crippen LogP contribution >= 0.6 is 11.3 Å². The predicted molar refractivity (Wildman–Crippen MR) is 92.3 cm³/mol. The summed E-state index contributed by atoms with van der Waals surface area (Å²) in [5.41, 5.74) is -0.483. The molecule has 1 aromatic rings. The van der Waals surface area contributed by atoms with Gasteiger partial charge in [-0.05, 0) is 39.5 Å². The van der Waals surface area contributed by atoms with Crippen molar-refractivity contribution in [2.75, 3.05) is 13.1 Å². The number of rotatable bonds is 2. The number of thiazole rings is 1.